The summed E-state index contributed by atoms with van der Waals surface area (Å²) >= 11 is 5.00. The van der Waals surface area contributed by atoms with E-state index in [9.17, 15) is 4.79 Å². The van der Waals surface area contributed by atoms with Crippen LogP contribution in [0.2, 0.25) is 0 Å². The number of benzene rings is 1. The zero-order valence-electron chi connectivity index (χ0n) is 10.4. The normalized spacial score (nSPS) is 10.0. The van der Waals surface area contributed by atoms with Crippen molar-refractivity contribution < 1.29 is 4.79 Å². The molecule has 0 bridgehead atoms. The van der Waals surface area contributed by atoms with E-state index >= 15 is 0 Å². The Hall–Kier alpha value is -2.35. The number of aryl methyl sites for hydroxylation is 2. The van der Waals surface area contributed by atoms with E-state index < -0.39 is 0 Å². The fourth-order valence-corrected chi connectivity index (χ4v) is 1.65. The fraction of sp³-hybridized carbons (Fsp3) is 0.182. The maximum absolute atomic E-state index is 12.0. The molecule has 1 aromatic carbocycles. The van der Waals surface area contributed by atoms with Crippen molar-refractivity contribution in [2.75, 3.05) is 5.32 Å². The zero-order valence-corrected chi connectivity index (χ0v) is 11.2. The van der Waals surface area contributed by atoms with Crippen molar-refractivity contribution in [1.29, 1.82) is 0 Å². The van der Waals surface area contributed by atoms with Crippen molar-refractivity contribution in [3.63, 3.8) is 0 Å². The molecule has 0 unspecified atom stereocenters. The summed E-state index contributed by atoms with van der Waals surface area (Å²) < 4.78 is 0. The molecule has 0 saturated carbocycles. The number of carbonyl (C=O) groups is 1. The monoisotopic (exact) mass is 276 g/mol. The molecule has 2 N–H and O–H groups in total. The smallest absolute Gasteiger partial charge is 0.269 e. The maximum Gasteiger partial charge on any atom is 0.269 e. The van der Waals surface area contributed by atoms with Gasteiger partial charge in [0, 0.05) is 5.56 Å². The van der Waals surface area contributed by atoms with Crippen LogP contribution in [0.5, 0.6) is 0 Å². The van der Waals surface area contributed by atoms with Crippen molar-refractivity contribution in [2.45, 2.75) is 6.92 Å². The average molecular weight is 276 g/mol. The van der Waals surface area contributed by atoms with Crippen LogP contribution < -0.4 is 10.6 Å². The van der Waals surface area contributed by atoms with Crippen LogP contribution in [-0.4, -0.2) is 31.2 Å². The minimum absolute atomic E-state index is 0.126. The molecule has 2 rings (SSSR count). The first-order chi connectivity index (χ1) is 9.06. The standard InChI is InChI=1S/C11H12N6OS/c1-7-5-3-4-6-8(7)9(18)12-11(19)13-10-14-16-17(2)15-10/h3-6H,1-2H3,(H2,12,13,15,18,19). The van der Waals surface area contributed by atoms with E-state index in [1.807, 2.05) is 19.1 Å². The van der Waals surface area contributed by atoms with Gasteiger partial charge in [-0.2, -0.15) is 4.80 Å². The van der Waals surface area contributed by atoms with E-state index in [1.54, 1.807) is 19.2 Å². The van der Waals surface area contributed by atoms with Gasteiger partial charge in [-0.15, -0.1) is 5.10 Å². The lowest BCUT2D eigenvalue weighted by molar-refractivity contribution is 0.0977. The van der Waals surface area contributed by atoms with Crippen LogP contribution in [0.3, 0.4) is 0 Å². The van der Waals surface area contributed by atoms with E-state index in [2.05, 4.69) is 26.0 Å². The van der Waals surface area contributed by atoms with Gasteiger partial charge in [0.05, 0.1) is 7.05 Å². The zero-order chi connectivity index (χ0) is 13.8. The molecule has 98 valence electrons. The summed E-state index contributed by atoms with van der Waals surface area (Å²) in [5, 5.41) is 16.6. The first-order valence-corrected chi connectivity index (χ1v) is 5.89. The van der Waals surface area contributed by atoms with Crippen molar-refractivity contribution in [1.82, 2.24) is 25.5 Å². The van der Waals surface area contributed by atoms with Crippen LogP contribution in [0.25, 0.3) is 0 Å². The Morgan fingerprint density at radius 2 is 2.11 bits per heavy atom. The topological polar surface area (TPSA) is 84.7 Å². The molecular weight excluding hydrogens is 264 g/mol. The lowest BCUT2D eigenvalue weighted by atomic mass is 10.1. The molecule has 7 nitrogen and oxygen atoms in total. The van der Waals surface area contributed by atoms with Gasteiger partial charge < -0.3 is 0 Å². The maximum atomic E-state index is 12.0. The van der Waals surface area contributed by atoms with Gasteiger partial charge in [0.1, 0.15) is 0 Å². The van der Waals surface area contributed by atoms with Crippen molar-refractivity contribution in [3.8, 4) is 0 Å². The van der Waals surface area contributed by atoms with E-state index in [4.69, 9.17) is 12.2 Å². The van der Waals surface area contributed by atoms with E-state index in [0.717, 1.165) is 5.56 Å². The Balaban J connectivity index is 1.99. The Bertz CT molecular complexity index is 623. The highest BCUT2D eigenvalue weighted by atomic mass is 32.1. The number of nitrogens with zero attached hydrogens (tertiary/aromatic N) is 4. The number of carbonyl (C=O) groups excluding carboxylic acids is 1. The molecule has 0 aliphatic carbocycles. The van der Waals surface area contributed by atoms with Gasteiger partial charge in [-0.1, -0.05) is 23.3 Å². The minimum Gasteiger partial charge on any atom is -0.299 e. The number of aromatic nitrogens is 4. The van der Waals surface area contributed by atoms with Crippen LogP contribution in [0.15, 0.2) is 24.3 Å². The second kappa shape index (κ2) is 5.53. The van der Waals surface area contributed by atoms with Gasteiger partial charge >= 0.3 is 0 Å². The molecule has 8 heteroatoms. The first kappa shape index (κ1) is 13.1. The Morgan fingerprint density at radius 1 is 1.37 bits per heavy atom. The highest BCUT2D eigenvalue weighted by Crippen LogP contribution is 2.06. The van der Waals surface area contributed by atoms with Crippen molar-refractivity contribution >= 4 is 29.2 Å². The van der Waals surface area contributed by atoms with Gasteiger partial charge in [0.2, 0.25) is 0 Å². The van der Waals surface area contributed by atoms with Crippen LogP contribution in [0, 0.1) is 6.92 Å². The summed E-state index contributed by atoms with van der Waals surface area (Å²) in [6.45, 7) is 1.86. The number of rotatable bonds is 2. The lowest BCUT2D eigenvalue weighted by Crippen LogP contribution is -2.34. The molecule has 19 heavy (non-hydrogen) atoms. The quantitative estimate of drug-likeness (QED) is 0.783. The van der Waals surface area contributed by atoms with E-state index in [-0.39, 0.29) is 17.0 Å². The number of tetrazole rings is 1. The summed E-state index contributed by atoms with van der Waals surface area (Å²) in [6, 6.07) is 7.25. The van der Waals surface area contributed by atoms with Crippen LogP contribution in [0.1, 0.15) is 15.9 Å². The predicted octanol–water partition coefficient (Wildman–Crippen LogP) is 0.645. The van der Waals surface area contributed by atoms with Crippen LogP contribution >= 0.6 is 12.2 Å². The van der Waals surface area contributed by atoms with Crippen LogP contribution in [0.4, 0.5) is 5.95 Å². The average Bonchev–Trinajstić information content (AvgIpc) is 2.74. The molecule has 2 aromatic rings. The third-order valence-corrected chi connectivity index (χ3v) is 2.55. The van der Waals surface area contributed by atoms with Crippen molar-refractivity contribution in [3.05, 3.63) is 35.4 Å². The van der Waals surface area contributed by atoms with Crippen LogP contribution in [-0.2, 0) is 7.05 Å². The van der Waals surface area contributed by atoms with E-state index in [1.165, 1.54) is 4.80 Å². The summed E-state index contributed by atoms with van der Waals surface area (Å²) in [5.74, 6) is -0.0444. The molecule has 0 radical (unpaired) electrons. The SMILES string of the molecule is Cc1ccccc1C(=O)NC(=S)Nc1nnn(C)n1. The highest BCUT2D eigenvalue weighted by Gasteiger charge is 2.11. The number of anilines is 1. The summed E-state index contributed by atoms with van der Waals surface area (Å²) in [6.07, 6.45) is 0. The second-order valence-corrected chi connectivity index (χ2v) is 4.23. The van der Waals surface area contributed by atoms with Gasteiger partial charge in [-0.25, -0.2) is 0 Å². The predicted molar refractivity (Wildman–Crippen MR) is 73.7 cm³/mol. The number of hydrogen-bond acceptors (Lipinski definition) is 5. The summed E-state index contributed by atoms with van der Waals surface area (Å²) in [4.78, 5) is 13.3. The lowest BCUT2D eigenvalue weighted by Gasteiger charge is -2.08. The van der Waals surface area contributed by atoms with E-state index in [0.29, 0.717) is 5.56 Å². The Morgan fingerprint density at radius 3 is 2.74 bits per heavy atom. The van der Waals surface area contributed by atoms with Gasteiger partial charge in [0.25, 0.3) is 11.9 Å². The first-order valence-electron chi connectivity index (χ1n) is 5.48. The molecule has 1 amide bonds. The third-order valence-electron chi connectivity index (χ3n) is 2.35. The van der Waals surface area contributed by atoms with Crippen molar-refractivity contribution in [2.24, 2.45) is 7.05 Å². The number of thiocarbonyl (C=S) groups is 1. The minimum atomic E-state index is -0.278. The summed E-state index contributed by atoms with van der Waals surface area (Å²) in [7, 11) is 1.63. The molecular formula is C11H12N6OS. The van der Waals surface area contributed by atoms with Gasteiger partial charge in [-0.3, -0.25) is 15.4 Å². The fourth-order valence-electron chi connectivity index (χ4n) is 1.47. The molecule has 1 heterocycles. The molecule has 0 saturated heterocycles. The number of amides is 1. The number of hydrogen-bond donors (Lipinski definition) is 2. The van der Waals surface area contributed by atoms with Gasteiger partial charge in [-0.05, 0) is 36.0 Å². The Labute approximate surface area is 115 Å². The molecule has 0 spiro atoms. The Kier molecular flexibility index (Phi) is 3.81. The largest absolute Gasteiger partial charge is 0.299 e. The summed E-state index contributed by atoms with van der Waals surface area (Å²) in [5.41, 5.74) is 1.44. The molecule has 0 aliphatic heterocycles. The third kappa shape index (κ3) is 3.32. The highest BCUT2D eigenvalue weighted by molar-refractivity contribution is 7.80. The van der Waals surface area contributed by atoms with Gasteiger partial charge in [0.15, 0.2) is 5.11 Å². The molecule has 0 atom stereocenters. The second-order valence-electron chi connectivity index (χ2n) is 3.83. The molecule has 0 aliphatic rings. The molecule has 0 fully saturated rings. The number of nitrogens with one attached hydrogen (secondary N) is 2. The molecule has 1 aromatic heterocycles.